The SMILES string of the molecule is COc1ccc(CNc2nc(-c3ccncc3)nc3sc4c(c23)CCN(C)C4=O)cc1Cl. The Hall–Kier alpha value is -3.23. The fourth-order valence-electron chi connectivity index (χ4n) is 3.79. The zero-order chi connectivity index (χ0) is 22.2. The predicted octanol–water partition coefficient (Wildman–Crippen LogP) is 4.66. The highest BCUT2D eigenvalue weighted by atomic mass is 35.5. The number of thiophene rings is 1. The van der Waals surface area contributed by atoms with Crippen LogP contribution in [0, 0.1) is 0 Å². The first-order valence-corrected chi connectivity index (χ1v) is 11.3. The normalized spacial score (nSPS) is 13.3. The maximum absolute atomic E-state index is 12.8. The van der Waals surface area contributed by atoms with Crippen molar-refractivity contribution in [2.75, 3.05) is 26.0 Å². The van der Waals surface area contributed by atoms with E-state index in [0.717, 1.165) is 38.2 Å². The third kappa shape index (κ3) is 3.65. The maximum atomic E-state index is 12.8. The van der Waals surface area contributed by atoms with Gasteiger partial charge < -0.3 is 15.0 Å². The minimum Gasteiger partial charge on any atom is -0.495 e. The Balaban J connectivity index is 1.59. The van der Waals surface area contributed by atoms with Gasteiger partial charge in [0.25, 0.3) is 5.91 Å². The van der Waals surface area contributed by atoms with Gasteiger partial charge in [0.15, 0.2) is 5.82 Å². The van der Waals surface area contributed by atoms with E-state index in [4.69, 9.17) is 26.3 Å². The number of hydrogen-bond donors (Lipinski definition) is 1. The van der Waals surface area contributed by atoms with Gasteiger partial charge in [0.1, 0.15) is 16.4 Å². The number of aromatic nitrogens is 3. The van der Waals surface area contributed by atoms with Crippen LogP contribution in [0.1, 0.15) is 20.8 Å². The molecule has 4 heterocycles. The number of rotatable bonds is 5. The van der Waals surface area contributed by atoms with Crippen molar-refractivity contribution in [2.24, 2.45) is 0 Å². The molecular weight excluding hydrogens is 446 g/mol. The average molecular weight is 466 g/mol. The van der Waals surface area contributed by atoms with Crippen molar-refractivity contribution in [3.8, 4) is 17.1 Å². The lowest BCUT2D eigenvalue weighted by molar-refractivity contribution is 0.0787. The first-order chi connectivity index (χ1) is 15.5. The second kappa shape index (κ2) is 8.37. The minimum atomic E-state index is 0.0348. The van der Waals surface area contributed by atoms with Crippen LogP contribution in [0.2, 0.25) is 5.02 Å². The molecule has 1 amide bonds. The molecule has 0 atom stereocenters. The first kappa shape index (κ1) is 20.7. The summed E-state index contributed by atoms with van der Waals surface area (Å²) in [6.45, 7) is 1.20. The van der Waals surface area contributed by atoms with E-state index in [1.54, 1.807) is 24.4 Å². The van der Waals surface area contributed by atoms with Crippen LogP contribution in [0.4, 0.5) is 5.82 Å². The van der Waals surface area contributed by atoms with Gasteiger partial charge in [-0.2, -0.15) is 0 Å². The predicted molar refractivity (Wildman–Crippen MR) is 127 cm³/mol. The van der Waals surface area contributed by atoms with Crippen LogP contribution in [-0.2, 0) is 13.0 Å². The number of fused-ring (bicyclic) bond motifs is 3. The van der Waals surface area contributed by atoms with Gasteiger partial charge in [-0.1, -0.05) is 17.7 Å². The number of carbonyl (C=O) groups excluding carboxylic acids is 1. The Kier molecular flexibility index (Phi) is 5.40. The molecule has 0 saturated heterocycles. The lowest BCUT2D eigenvalue weighted by atomic mass is 10.0. The summed E-state index contributed by atoms with van der Waals surface area (Å²) >= 11 is 7.72. The van der Waals surface area contributed by atoms with Gasteiger partial charge in [0.05, 0.1) is 22.4 Å². The zero-order valence-corrected chi connectivity index (χ0v) is 19.1. The molecule has 0 saturated carbocycles. The van der Waals surface area contributed by atoms with Crippen molar-refractivity contribution < 1.29 is 9.53 Å². The number of methoxy groups -OCH3 is 1. The number of amides is 1. The molecule has 0 spiro atoms. The molecule has 5 rings (SSSR count). The van der Waals surface area contributed by atoms with Crippen LogP contribution in [-0.4, -0.2) is 46.5 Å². The van der Waals surface area contributed by atoms with Crippen LogP contribution in [0.3, 0.4) is 0 Å². The van der Waals surface area contributed by atoms with Crippen molar-refractivity contribution in [2.45, 2.75) is 13.0 Å². The summed E-state index contributed by atoms with van der Waals surface area (Å²) in [7, 11) is 3.42. The molecular formula is C23H20ClN5O2S. The second-order valence-corrected chi connectivity index (χ2v) is 8.93. The van der Waals surface area contributed by atoms with Crippen LogP contribution in [0.15, 0.2) is 42.7 Å². The van der Waals surface area contributed by atoms with E-state index in [1.807, 2.05) is 37.4 Å². The second-order valence-electron chi connectivity index (χ2n) is 7.52. The highest BCUT2D eigenvalue weighted by Crippen LogP contribution is 2.38. The lowest BCUT2D eigenvalue weighted by Gasteiger charge is -2.22. The Bertz CT molecular complexity index is 1330. The zero-order valence-electron chi connectivity index (χ0n) is 17.6. The van der Waals surface area contributed by atoms with E-state index in [2.05, 4.69) is 10.3 Å². The molecule has 0 radical (unpaired) electrons. The van der Waals surface area contributed by atoms with Gasteiger partial charge in [0.2, 0.25) is 0 Å². The molecule has 1 aliphatic rings. The number of likely N-dealkylation sites (N-methyl/N-ethyl adjacent to an activating group) is 1. The number of ether oxygens (including phenoxy) is 1. The highest BCUT2D eigenvalue weighted by Gasteiger charge is 2.29. The molecule has 162 valence electrons. The molecule has 0 fully saturated rings. The van der Waals surface area contributed by atoms with Crippen LogP contribution < -0.4 is 10.1 Å². The van der Waals surface area contributed by atoms with E-state index < -0.39 is 0 Å². The van der Waals surface area contributed by atoms with Gasteiger partial charge in [-0.3, -0.25) is 9.78 Å². The Morgan fingerprint density at radius 2 is 2.03 bits per heavy atom. The Morgan fingerprint density at radius 1 is 1.22 bits per heavy atom. The van der Waals surface area contributed by atoms with Gasteiger partial charge in [0, 0.05) is 38.1 Å². The number of nitrogens with one attached hydrogen (secondary N) is 1. The van der Waals surface area contributed by atoms with Crippen LogP contribution in [0.5, 0.6) is 5.75 Å². The fourth-order valence-corrected chi connectivity index (χ4v) is 5.29. The average Bonchev–Trinajstić information content (AvgIpc) is 3.20. The van der Waals surface area contributed by atoms with E-state index in [1.165, 1.54) is 11.3 Å². The summed E-state index contributed by atoms with van der Waals surface area (Å²) in [5.41, 5.74) is 2.88. The smallest absolute Gasteiger partial charge is 0.264 e. The van der Waals surface area contributed by atoms with Gasteiger partial charge in [-0.05, 0) is 41.8 Å². The van der Waals surface area contributed by atoms with Crippen molar-refractivity contribution in [1.82, 2.24) is 19.9 Å². The summed E-state index contributed by atoms with van der Waals surface area (Å²) in [5, 5.41) is 4.93. The number of pyridine rings is 1. The maximum Gasteiger partial charge on any atom is 0.264 e. The number of hydrogen-bond acceptors (Lipinski definition) is 7. The summed E-state index contributed by atoms with van der Waals surface area (Å²) in [6, 6.07) is 9.43. The lowest BCUT2D eigenvalue weighted by Crippen LogP contribution is -2.33. The monoisotopic (exact) mass is 465 g/mol. The van der Waals surface area contributed by atoms with Gasteiger partial charge in [-0.25, -0.2) is 9.97 Å². The molecule has 9 heteroatoms. The van der Waals surface area contributed by atoms with E-state index in [9.17, 15) is 4.79 Å². The number of carbonyl (C=O) groups is 1. The highest BCUT2D eigenvalue weighted by molar-refractivity contribution is 7.20. The van der Waals surface area contributed by atoms with Gasteiger partial charge >= 0.3 is 0 Å². The van der Waals surface area contributed by atoms with Crippen molar-refractivity contribution in [3.05, 3.63) is 63.8 Å². The van der Waals surface area contributed by atoms with E-state index in [0.29, 0.717) is 35.5 Å². The minimum absolute atomic E-state index is 0.0348. The van der Waals surface area contributed by atoms with Crippen molar-refractivity contribution in [1.29, 1.82) is 0 Å². The Morgan fingerprint density at radius 3 is 2.78 bits per heavy atom. The third-order valence-corrected chi connectivity index (χ3v) is 6.91. The van der Waals surface area contributed by atoms with Crippen molar-refractivity contribution in [3.63, 3.8) is 0 Å². The summed E-state index contributed by atoms with van der Waals surface area (Å²) < 4.78 is 5.24. The van der Waals surface area contributed by atoms with Crippen LogP contribution in [0.25, 0.3) is 21.6 Å². The van der Waals surface area contributed by atoms with Crippen LogP contribution >= 0.6 is 22.9 Å². The molecule has 4 aromatic rings. The van der Waals surface area contributed by atoms with E-state index >= 15 is 0 Å². The molecule has 3 aromatic heterocycles. The molecule has 1 aromatic carbocycles. The van der Waals surface area contributed by atoms with Gasteiger partial charge in [-0.15, -0.1) is 11.3 Å². The largest absolute Gasteiger partial charge is 0.495 e. The fraction of sp³-hybridized carbons (Fsp3) is 0.217. The molecule has 1 N–H and O–H groups in total. The number of anilines is 1. The molecule has 0 unspecified atom stereocenters. The molecule has 0 bridgehead atoms. The molecule has 0 aliphatic carbocycles. The summed E-state index contributed by atoms with van der Waals surface area (Å²) in [4.78, 5) is 29.8. The topological polar surface area (TPSA) is 80.2 Å². The summed E-state index contributed by atoms with van der Waals surface area (Å²) in [6.07, 6.45) is 4.21. The summed E-state index contributed by atoms with van der Waals surface area (Å²) in [5.74, 6) is 1.97. The number of nitrogens with zero attached hydrogens (tertiary/aromatic N) is 4. The standard InChI is InChI=1S/C23H20ClN5O2S/c1-29-10-7-15-18-21(26-12-13-3-4-17(31-2)16(24)11-13)27-20(14-5-8-25-9-6-14)28-22(18)32-19(15)23(29)30/h3-6,8-9,11H,7,10,12H2,1-2H3,(H,26,27,28). The van der Waals surface area contributed by atoms with E-state index in [-0.39, 0.29) is 5.91 Å². The number of halogens is 1. The molecule has 1 aliphatic heterocycles. The molecule has 7 nitrogen and oxygen atoms in total. The Labute approximate surface area is 194 Å². The quantitative estimate of drug-likeness (QED) is 0.462. The third-order valence-electron chi connectivity index (χ3n) is 5.50. The first-order valence-electron chi connectivity index (χ1n) is 10.1. The number of benzene rings is 1. The van der Waals surface area contributed by atoms with Crippen molar-refractivity contribution >= 4 is 44.9 Å². The molecule has 32 heavy (non-hydrogen) atoms.